The lowest BCUT2D eigenvalue weighted by Gasteiger charge is -2.33. The Morgan fingerprint density at radius 1 is 0.893 bits per heavy atom. The molecule has 0 unspecified atom stereocenters. The maximum absolute atomic E-state index is 5.96. The second-order valence-electron chi connectivity index (χ2n) is 6.52. The molecule has 2 aromatic rings. The number of benzene rings is 2. The molecule has 28 heavy (non-hydrogen) atoms. The number of piperazine rings is 1. The average Bonchev–Trinajstić information content (AvgIpc) is 2.74. The normalized spacial score (nSPS) is 15.1. The van der Waals surface area contributed by atoms with Crippen LogP contribution < -0.4 is 14.2 Å². The zero-order chi connectivity index (χ0) is 19.9. The van der Waals surface area contributed by atoms with E-state index in [9.17, 15) is 0 Å². The first-order valence-electron chi connectivity index (χ1n) is 9.19. The molecule has 3 rings (SSSR count). The molecule has 1 aliphatic rings. The molecule has 0 atom stereocenters. The summed E-state index contributed by atoms with van der Waals surface area (Å²) in [4.78, 5) is 2.42. The Labute approximate surface area is 171 Å². The molecule has 0 aromatic heterocycles. The van der Waals surface area contributed by atoms with Gasteiger partial charge in [-0.15, -0.1) is 0 Å². The van der Waals surface area contributed by atoms with E-state index in [0.29, 0.717) is 17.2 Å². The van der Waals surface area contributed by atoms with Crippen molar-refractivity contribution in [3.8, 4) is 17.2 Å². The van der Waals surface area contributed by atoms with Crippen molar-refractivity contribution >= 4 is 17.8 Å². The van der Waals surface area contributed by atoms with Crippen molar-refractivity contribution in [1.29, 1.82) is 0 Å². The summed E-state index contributed by atoms with van der Waals surface area (Å²) >= 11 is 5.96. The highest BCUT2D eigenvalue weighted by atomic mass is 35.5. The van der Waals surface area contributed by atoms with E-state index in [1.54, 1.807) is 21.3 Å². The smallest absolute Gasteiger partial charge is 0.203 e. The minimum absolute atomic E-state index is 0.571. The molecule has 1 heterocycles. The highest BCUT2D eigenvalue weighted by Gasteiger charge is 2.17. The Bertz CT molecular complexity index is 803. The summed E-state index contributed by atoms with van der Waals surface area (Å²) in [7, 11) is 4.82. The third-order valence-electron chi connectivity index (χ3n) is 4.76. The molecule has 0 amide bonds. The van der Waals surface area contributed by atoms with Crippen LogP contribution in [0.1, 0.15) is 11.1 Å². The monoisotopic (exact) mass is 403 g/mol. The van der Waals surface area contributed by atoms with E-state index in [1.165, 1.54) is 5.56 Å². The maximum Gasteiger partial charge on any atom is 0.203 e. The van der Waals surface area contributed by atoms with Crippen LogP contribution in [0, 0.1) is 0 Å². The van der Waals surface area contributed by atoms with Crippen LogP contribution in [0.5, 0.6) is 17.2 Å². The van der Waals surface area contributed by atoms with Gasteiger partial charge in [0, 0.05) is 43.3 Å². The highest BCUT2D eigenvalue weighted by molar-refractivity contribution is 6.30. The van der Waals surface area contributed by atoms with Crippen LogP contribution >= 0.6 is 11.6 Å². The van der Waals surface area contributed by atoms with Crippen LogP contribution in [0.3, 0.4) is 0 Å². The first-order valence-corrected chi connectivity index (χ1v) is 9.57. The Morgan fingerprint density at radius 2 is 1.57 bits per heavy atom. The summed E-state index contributed by atoms with van der Waals surface area (Å²) in [6, 6.07) is 11.8. The minimum Gasteiger partial charge on any atom is -0.493 e. The molecule has 2 aromatic carbocycles. The van der Waals surface area contributed by atoms with Gasteiger partial charge in [-0.1, -0.05) is 23.7 Å². The Morgan fingerprint density at radius 3 is 2.18 bits per heavy atom. The van der Waals surface area contributed by atoms with Crippen LogP contribution in [-0.2, 0) is 6.54 Å². The lowest BCUT2D eigenvalue weighted by atomic mass is 10.2. The number of hydrogen-bond acceptors (Lipinski definition) is 6. The lowest BCUT2D eigenvalue weighted by Crippen LogP contribution is -2.43. The number of halogens is 1. The topological polar surface area (TPSA) is 46.5 Å². The molecule has 0 spiro atoms. The zero-order valence-corrected chi connectivity index (χ0v) is 17.3. The van der Waals surface area contributed by atoms with Gasteiger partial charge in [0.2, 0.25) is 5.75 Å². The summed E-state index contributed by atoms with van der Waals surface area (Å²) in [6.45, 7) is 4.60. The van der Waals surface area contributed by atoms with Gasteiger partial charge in [0.25, 0.3) is 0 Å². The van der Waals surface area contributed by atoms with Gasteiger partial charge in [0.1, 0.15) is 0 Å². The lowest BCUT2D eigenvalue weighted by molar-refractivity contribution is 0.131. The van der Waals surface area contributed by atoms with Gasteiger partial charge >= 0.3 is 0 Å². The molecule has 6 nitrogen and oxygen atoms in total. The van der Waals surface area contributed by atoms with E-state index >= 15 is 0 Å². The fourth-order valence-electron chi connectivity index (χ4n) is 3.23. The third-order valence-corrected chi connectivity index (χ3v) is 5.01. The summed E-state index contributed by atoms with van der Waals surface area (Å²) in [5, 5.41) is 7.48. The Kier molecular flexibility index (Phi) is 7.01. The number of methoxy groups -OCH3 is 3. The van der Waals surface area contributed by atoms with E-state index in [4.69, 9.17) is 25.8 Å². The molecule has 0 bridgehead atoms. The molecule has 1 aliphatic heterocycles. The van der Waals surface area contributed by atoms with E-state index in [2.05, 4.69) is 27.1 Å². The van der Waals surface area contributed by atoms with Crippen LogP contribution in [0.2, 0.25) is 5.02 Å². The Hall–Kier alpha value is -2.44. The van der Waals surface area contributed by atoms with Crippen molar-refractivity contribution in [2.45, 2.75) is 6.54 Å². The summed E-state index contributed by atoms with van der Waals surface area (Å²) in [5.41, 5.74) is 2.13. The maximum atomic E-state index is 5.96. The summed E-state index contributed by atoms with van der Waals surface area (Å²) in [6.07, 6.45) is 1.82. The van der Waals surface area contributed by atoms with Crippen molar-refractivity contribution < 1.29 is 14.2 Å². The van der Waals surface area contributed by atoms with Crippen LogP contribution in [0.15, 0.2) is 41.5 Å². The predicted octanol–water partition coefficient (Wildman–Crippen LogP) is 3.52. The van der Waals surface area contributed by atoms with Crippen molar-refractivity contribution in [3.63, 3.8) is 0 Å². The number of rotatable bonds is 7. The van der Waals surface area contributed by atoms with E-state index < -0.39 is 0 Å². The van der Waals surface area contributed by atoms with Gasteiger partial charge in [0.15, 0.2) is 11.5 Å². The van der Waals surface area contributed by atoms with Gasteiger partial charge in [0.05, 0.1) is 27.5 Å². The minimum atomic E-state index is 0.571. The predicted molar refractivity (Wildman–Crippen MR) is 112 cm³/mol. The van der Waals surface area contributed by atoms with Crippen molar-refractivity contribution in [1.82, 2.24) is 9.91 Å². The molecule has 1 saturated heterocycles. The van der Waals surface area contributed by atoms with Crippen LogP contribution in [0.4, 0.5) is 0 Å². The van der Waals surface area contributed by atoms with E-state index in [-0.39, 0.29) is 0 Å². The second-order valence-corrected chi connectivity index (χ2v) is 6.96. The fraction of sp³-hybridized carbons (Fsp3) is 0.381. The first-order chi connectivity index (χ1) is 13.6. The number of ether oxygens (including phenoxy) is 3. The molecule has 1 fully saturated rings. The van der Waals surface area contributed by atoms with Crippen molar-refractivity contribution in [3.05, 3.63) is 52.5 Å². The molecule has 150 valence electrons. The standard InChI is InChI=1S/C21H26ClN3O3/c1-26-19-9-6-17(20(27-2)21(19)28-3)14-23-25-12-10-24(11-13-25)15-16-4-7-18(22)8-5-16/h4-9,14H,10-13,15H2,1-3H3. The summed E-state index contributed by atoms with van der Waals surface area (Å²) < 4.78 is 16.3. The number of hydrogen-bond donors (Lipinski definition) is 0. The first kappa shape index (κ1) is 20.3. The largest absolute Gasteiger partial charge is 0.493 e. The molecule has 0 N–H and O–H groups in total. The third kappa shape index (κ3) is 4.88. The van der Waals surface area contributed by atoms with E-state index in [0.717, 1.165) is 43.3 Å². The number of nitrogens with zero attached hydrogens (tertiary/aromatic N) is 3. The average molecular weight is 404 g/mol. The van der Waals surface area contributed by atoms with Crippen molar-refractivity contribution in [2.75, 3.05) is 47.5 Å². The molecular weight excluding hydrogens is 378 g/mol. The van der Waals surface area contributed by atoms with Gasteiger partial charge in [-0.05, 0) is 29.8 Å². The molecule has 0 radical (unpaired) electrons. The van der Waals surface area contributed by atoms with Crippen LogP contribution in [-0.4, -0.2) is 63.6 Å². The summed E-state index contributed by atoms with van der Waals surface area (Å²) in [5.74, 6) is 1.82. The van der Waals surface area contributed by atoms with Gasteiger partial charge in [-0.2, -0.15) is 5.10 Å². The van der Waals surface area contributed by atoms with Gasteiger partial charge in [-0.25, -0.2) is 0 Å². The fourth-order valence-corrected chi connectivity index (χ4v) is 3.35. The molecular formula is C21H26ClN3O3. The zero-order valence-electron chi connectivity index (χ0n) is 16.5. The SMILES string of the molecule is COc1ccc(C=NN2CCN(Cc3ccc(Cl)cc3)CC2)c(OC)c1OC. The quantitative estimate of drug-likeness (QED) is 0.662. The van der Waals surface area contributed by atoms with E-state index in [1.807, 2.05) is 30.5 Å². The Balaban J connectivity index is 1.60. The van der Waals surface area contributed by atoms with Crippen LogP contribution in [0.25, 0.3) is 0 Å². The molecule has 0 aliphatic carbocycles. The highest BCUT2D eigenvalue weighted by Crippen LogP contribution is 2.39. The second kappa shape index (κ2) is 9.66. The van der Waals surface area contributed by atoms with Gasteiger partial charge in [-0.3, -0.25) is 9.91 Å². The molecule has 7 heteroatoms. The number of hydrazone groups is 1. The van der Waals surface area contributed by atoms with Crippen molar-refractivity contribution in [2.24, 2.45) is 5.10 Å². The van der Waals surface area contributed by atoms with Gasteiger partial charge < -0.3 is 14.2 Å². The molecule has 0 saturated carbocycles.